The summed E-state index contributed by atoms with van der Waals surface area (Å²) < 4.78 is 10.1. The highest BCUT2D eigenvalue weighted by Crippen LogP contribution is 2.29. The highest BCUT2D eigenvalue weighted by molar-refractivity contribution is 9.10. The van der Waals surface area contributed by atoms with Crippen LogP contribution in [0, 0.1) is 0 Å². The minimum Gasteiger partial charge on any atom is -0.507 e. The van der Waals surface area contributed by atoms with E-state index in [-0.39, 0.29) is 17.2 Å². The molecule has 8 heteroatoms. The second-order valence-electron chi connectivity index (χ2n) is 5.27. The Bertz CT molecular complexity index is 935. The molecule has 1 aliphatic rings. The van der Waals surface area contributed by atoms with Gasteiger partial charge in [0.1, 0.15) is 5.75 Å². The van der Waals surface area contributed by atoms with Gasteiger partial charge in [-0.1, -0.05) is 6.07 Å². The summed E-state index contributed by atoms with van der Waals surface area (Å²) in [5.74, 6) is -1.26. The fraction of sp³-hybridized carbons (Fsp3) is 0.0556. The maximum Gasteiger partial charge on any atom is 0.427 e. The molecule has 3 rings (SSSR count). The zero-order valence-electron chi connectivity index (χ0n) is 13.4. The van der Waals surface area contributed by atoms with Gasteiger partial charge in [-0.05, 0) is 64.0 Å². The number of amides is 2. The Hall–Kier alpha value is -3.13. The Morgan fingerprint density at radius 2 is 1.88 bits per heavy atom. The third-order valence-corrected chi connectivity index (χ3v) is 4.24. The number of aromatic hydroxyl groups is 1. The number of nitrogens with zero attached hydrogens (tertiary/aromatic N) is 1. The van der Waals surface area contributed by atoms with Crippen molar-refractivity contribution in [2.24, 2.45) is 0 Å². The Labute approximate surface area is 156 Å². The Balaban J connectivity index is 1.88. The van der Waals surface area contributed by atoms with Gasteiger partial charge < -0.3 is 14.6 Å². The molecule has 0 unspecified atom stereocenters. The predicted octanol–water partition coefficient (Wildman–Crippen LogP) is 3.47. The number of carbonyl (C=O) groups is 3. The predicted molar refractivity (Wildman–Crippen MR) is 95.5 cm³/mol. The van der Waals surface area contributed by atoms with Gasteiger partial charge in [-0.2, -0.15) is 0 Å². The smallest absolute Gasteiger partial charge is 0.427 e. The SMILES string of the molecule is COC(=O)c1ccc(N2C(=O)O/C(=C\c3ccc(O)c(Br)c3)C2=O)cc1. The van der Waals surface area contributed by atoms with Crippen LogP contribution < -0.4 is 4.90 Å². The number of cyclic esters (lactones) is 1. The first-order valence-electron chi connectivity index (χ1n) is 7.35. The van der Waals surface area contributed by atoms with E-state index in [0.717, 1.165) is 4.90 Å². The van der Waals surface area contributed by atoms with E-state index in [1.54, 1.807) is 12.1 Å². The lowest BCUT2D eigenvalue weighted by atomic mass is 10.2. The van der Waals surface area contributed by atoms with E-state index in [1.807, 2.05) is 0 Å². The van der Waals surface area contributed by atoms with E-state index in [4.69, 9.17) is 4.74 Å². The highest BCUT2D eigenvalue weighted by atomic mass is 79.9. The Kier molecular flexibility index (Phi) is 4.77. The number of ether oxygens (including phenoxy) is 2. The fourth-order valence-electron chi connectivity index (χ4n) is 2.32. The second kappa shape index (κ2) is 7.01. The molecule has 0 atom stereocenters. The van der Waals surface area contributed by atoms with Gasteiger partial charge in [0.2, 0.25) is 0 Å². The number of phenolic OH excluding ortho intramolecular Hbond substituents is 1. The van der Waals surface area contributed by atoms with E-state index in [0.29, 0.717) is 15.6 Å². The van der Waals surface area contributed by atoms with E-state index >= 15 is 0 Å². The average molecular weight is 418 g/mol. The standard InChI is InChI=1S/C18H12BrNO6/c1-25-17(23)11-3-5-12(6-4-11)20-16(22)15(26-18(20)24)9-10-2-7-14(21)13(19)8-10/h2-9,21H,1H3/b15-9-. The first-order valence-corrected chi connectivity index (χ1v) is 8.15. The van der Waals surface area contributed by atoms with Gasteiger partial charge in [-0.25, -0.2) is 14.5 Å². The van der Waals surface area contributed by atoms with Gasteiger partial charge in [0.15, 0.2) is 5.76 Å². The summed E-state index contributed by atoms with van der Waals surface area (Å²) in [7, 11) is 1.26. The molecular weight excluding hydrogens is 406 g/mol. The molecule has 0 aliphatic carbocycles. The van der Waals surface area contributed by atoms with E-state index < -0.39 is 18.0 Å². The summed E-state index contributed by atoms with van der Waals surface area (Å²) in [5.41, 5.74) is 1.12. The number of rotatable bonds is 3. The quantitative estimate of drug-likeness (QED) is 0.606. The molecule has 0 bridgehead atoms. The number of imide groups is 1. The lowest BCUT2D eigenvalue weighted by Crippen LogP contribution is -2.28. The van der Waals surface area contributed by atoms with E-state index in [1.165, 1.54) is 43.5 Å². The van der Waals surface area contributed by atoms with Crippen LogP contribution in [0.2, 0.25) is 0 Å². The molecule has 0 radical (unpaired) electrons. The fourth-order valence-corrected chi connectivity index (χ4v) is 2.72. The molecule has 0 aromatic heterocycles. The number of carbonyl (C=O) groups excluding carboxylic acids is 3. The lowest BCUT2D eigenvalue weighted by molar-refractivity contribution is -0.114. The van der Waals surface area contributed by atoms with Crippen LogP contribution in [0.3, 0.4) is 0 Å². The monoisotopic (exact) mass is 417 g/mol. The van der Waals surface area contributed by atoms with Gasteiger partial charge in [0, 0.05) is 0 Å². The number of anilines is 1. The number of hydrogen-bond donors (Lipinski definition) is 1. The molecule has 1 N–H and O–H groups in total. The van der Waals surface area contributed by atoms with Crippen LogP contribution in [0.5, 0.6) is 5.75 Å². The molecule has 0 spiro atoms. The topological polar surface area (TPSA) is 93.1 Å². The van der Waals surface area contributed by atoms with E-state index in [9.17, 15) is 19.5 Å². The molecule has 0 saturated carbocycles. The summed E-state index contributed by atoms with van der Waals surface area (Å²) in [6, 6.07) is 10.4. The molecule has 2 aromatic carbocycles. The van der Waals surface area contributed by atoms with E-state index in [2.05, 4.69) is 20.7 Å². The Morgan fingerprint density at radius 3 is 2.50 bits per heavy atom. The Morgan fingerprint density at radius 1 is 1.19 bits per heavy atom. The summed E-state index contributed by atoms with van der Waals surface area (Å²) in [6.07, 6.45) is 0.553. The third kappa shape index (κ3) is 3.31. The molecule has 2 amide bonds. The number of halogens is 1. The first kappa shape index (κ1) is 17.7. The number of esters is 1. The van der Waals surface area contributed by atoms with Crippen molar-refractivity contribution in [3.8, 4) is 5.75 Å². The molecule has 26 heavy (non-hydrogen) atoms. The largest absolute Gasteiger partial charge is 0.507 e. The number of hydrogen-bond acceptors (Lipinski definition) is 6. The van der Waals surface area contributed by atoms with Crippen LogP contribution in [0.4, 0.5) is 10.5 Å². The van der Waals surface area contributed by atoms with Crippen molar-refractivity contribution in [1.82, 2.24) is 0 Å². The van der Waals surface area contributed by atoms with Gasteiger partial charge in [0.05, 0.1) is 22.8 Å². The van der Waals surface area contributed by atoms with Gasteiger partial charge in [-0.3, -0.25) is 4.79 Å². The zero-order valence-corrected chi connectivity index (χ0v) is 15.0. The van der Waals surface area contributed by atoms with Crippen molar-refractivity contribution < 1.29 is 29.0 Å². The van der Waals surface area contributed by atoms with Crippen molar-refractivity contribution >= 4 is 45.7 Å². The molecule has 2 aromatic rings. The van der Waals surface area contributed by atoms with Crippen molar-refractivity contribution in [3.63, 3.8) is 0 Å². The molecular formula is C18H12BrNO6. The lowest BCUT2D eigenvalue weighted by Gasteiger charge is -2.10. The number of methoxy groups -OCH3 is 1. The van der Waals surface area contributed by atoms with Crippen LogP contribution in [0.15, 0.2) is 52.7 Å². The van der Waals surface area contributed by atoms with Crippen molar-refractivity contribution in [1.29, 1.82) is 0 Å². The van der Waals surface area contributed by atoms with Crippen LogP contribution >= 0.6 is 15.9 Å². The van der Waals surface area contributed by atoms with Gasteiger partial charge in [0.25, 0.3) is 0 Å². The maximum absolute atomic E-state index is 12.5. The second-order valence-corrected chi connectivity index (χ2v) is 6.12. The number of phenols is 1. The minimum atomic E-state index is -0.843. The highest BCUT2D eigenvalue weighted by Gasteiger charge is 2.37. The summed E-state index contributed by atoms with van der Waals surface area (Å²) >= 11 is 3.18. The van der Waals surface area contributed by atoms with Gasteiger partial charge >= 0.3 is 18.0 Å². The van der Waals surface area contributed by atoms with Crippen molar-refractivity contribution in [3.05, 3.63) is 63.8 Å². The first-order chi connectivity index (χ1) is 12.4. The molecule has 1 heterocycles. The van der Waals surface area contributed by atoms with Crippen molar-refractivity contribution in [2.45, 2.75) is 0 Å². The number of benzene rings is 2. The summed E-state index contributed by atoms with van der Waals surface area (Å²) in [6.45, 7) is 0. The van der Waals surface area contributed by atoms with Crippen molar-refractivity contribution in [2.75, 3.05) is 12.0 Å². The summed E-state index contributed by atoms with van der Waals surface area (Å²) in [5, 5.41) is 9.51. The molecule has 7 nitrogen and oxygen atoms in total. The molecule has 1 aliphatic heterocycles. The average Bonchev–Trinajstić information content (AvgIpc) is 2.91. The maximum atomic E-state index is 12.5. The van der Waals surface area contributed by atoms with Crippen LogP contribution in [-0.2, 0) is 14.3 Å². The van der Waals surface area contributed by atoms with Crippen LogP contribution in [0.25, 0.3) is 6.08 Å². The summed E-state index contributed by atoms with van der Waals surface area (Å²) in [4.78, 5) is 36.9. The molecule has 1 fully saturated rings. The minimum absolute atomic E-state index is 0.0502. The molecule has 132 valence electrons. The van der Waals surface area contributed by atoms with Crippen LogP contribution in [-0.4, -0.2) is 30.2 Å². The van der Waals surface area contributed by atoms with Crippen LogP contribution in [0.1, 0.15) is 15.9 Å². The third-order valence-electron chi connectivity index (χ3n) is 3.61. The zero-order chi connectivity index (χ0) is 18.8. The normalized spacial score (nSPS) is 15.3. The molecule has 1 saturated heterocycles. The van der Waals surface area contributed by atoms with Gasteiger partial charge in [-0.15, -0.1) is 0 Å².